The standard InChI is InChI=1S/C13H15N3O/c1-17-8-2-3-11-10(6-8)13(14)9-4-5-15-7-12(9)16-11/h2-3,6,15H,4-5,7H2,1H3,(H2,14,16). The van der Waals surface area contributed by atoms with Gasteiger partial charge in [-0.25, -0.2) is 0 Å². The van der Waals surface area contributed by atoms with Crippen molar-refractivity contribution in [1.82, 2.24) is 10.3 Å². The fourth-order valence-electron chi connectivity index (χ4n) is 2.33. The number of hydrogen-bond acceptors (Lipinski definition) is 4. The molecule has 1 aromatic carbocycles. The Kier molecular flexibility index (Phi) is 2.37. The van der Waals surface area contributed by atoms with E-state index < -0.39 is 0 Å². The van der Waals surface area contributed by atoms with Gasteiger partial charge in [-0.3, -0.25) is 4.98 Å². The Bertz CT molecular complexity index is 580. The fraction of sp³-hybridized carbons (Fsp3) is 0.308. The Morgan fingerprint density at radius 1 is 1.41 bits per heavy atom. The normalized spacial score (nSPS) is 14.6. The molecular weight excluding hydrogens is 214 g/mol. The van der Waals surface area contributed by atoms with Crippen molar-refractivity contribution in [2.24, 2.45) is 0 Å². The molecule has 0 radical (unpaired) electrons. The number of pyridine rings is 1. The van der Waals surface area contributed by atoms with Crippen LogP contribution in [0.5, 0.6) is 5.75 Å². The molecular formula is C13H15N3O. The van der Waals surface area contributed by atoms with Crippen molar-refractivity contribution in [2.45, 2.75) is 13.0 Å². The van der Waals surface area contributed by atoms with Gasteiger partial charge < -0.3 is 15.8 Å². The molecule has 1 aliphatic rings. The van der Waals surface area contributed by atoms with Crippen LogP contribution in [0, 0.1) is 0 Å². The minimum absolute atomic E-state index is 0.807. The van der Waals surface area contributed by atoms with Crippen molar-refractivity contribution in [3.63, 3.8) is 0 Å². The lowest BCUT2D eigenvalue weighted by Crippen LogP contribution is -2.25. The monoisotopic (exact) mass is 229 g/mol. The maximum absolute atomic E-state index is 6.24. The highest BCUT2D eigenvalue weighted by Crippen LogP contribution is 2.30. The van der Waals surface area contributed by atoms with Gasteiger partial charge in [0.15, 0.2) is 0 Å². The summed E-state index contributed by atoms with van der Waals surface area (Å²) in [5.74, 6) is 0.819. The maximum atomic E-state index is 6.24. The Morgan fingerprint density at radius 3 is 3.12 bits per heavy atom. The van der Waals surface area contributed by atoms with E-state index in [0.717, 1.165) is 47.5 Å². The first-order valence-corrected chi connectivity index (χ1v) is 5.75. The van der Waals surface area contributed by atoms with Crippen LogP contribution in [-0.4, -0.2) is 18.6 Å². The highest BCUT2D eigenvalue weighted by Gasteiger charge is 2.16. The molecule has 0 amide bonds. The number of rotatable bonds is 1. The first-order valence-electron chi connectivity index (χ1n) is 5.75. The molecule has 0 bridgehead atoms. The zero-order valence-corrected chi connectivity index (χ0v) is 9.79. The summed E-state index contributed by atoms with van der Waals surface area (Å²) in [4.78, 5) is 4.65. The number of hydrogen-bond donors (Lipinski definition) is 2. The summed E-state index contributed by atoms with van der Waals surface area (Å²) in [6.07, 6.45) is 0.946. The lowest BCUT2D eigenvalue weighted by atomic mass is 10.0. The molecule has 4 nitrogen and oxygen atoms in total. The van der Waals surface area contributed by atoms with Gasteiger partial charge in [-0.1, -0.05) is 0 Å². The third-order valence-electron chi connectivity index (χ3n) is 3.27. The first-order chi connectivity index (χ1) is 8.29. The van der Waals surface area contributed by atoms with Crippen LogP contribution in [0.3, 0.4) is 0 Å². The molecule has 0 aliphatic carbocycles. The van der Waals surface area contributed by atoms with Crippen LogP contribution >= 0.6 is 0 Å². The Hall–Kier alpha value is -1.81. The number of fused-ring (bicyclic) bond motifs is 2. The molecule has 4 heteroatoms. The van der Waals surface area contributed by atoms with E-state index in [4.69, 9.17) is 10.5 Å². The van der Waals surface area contributed by atoms with Crippen LogP contribution in [-0.2, 0) is 13.0 Å². The van der Waals surface area contributed by atoms with Crippen molar-refractivity contribution in [3.05, 3.63) is 29.5 Å². The second-order valence-corrected chi connectivity index (χ2v) is 4.26. The summed E-state index contributed by atoms with van der Waals surface area (Å²) in [5.41, 5.74) is 10.3. The van der Waals surface area contributed by atoms with Crippen molar-refractivity contribution < 1.29 is 4.74 Å². The van der Waals surface area contributed by atoms with E-state index in [0.29, 0.717) is 0 Å². The smallest absolute Gasteiger partial charge is 0.119 e. The predicted molar refractivity (Wildman–Crippen MR) is 68.1 cm³/mol. The molecule has 0 saturated carbocycles. The molecule has 2 heterocycles. The van der Waals surface area contributed by atoms with Gasteiger partial charge in [0.1, 0.15) is 5.75 Å². The number of ether oxygens (including phenoxy) is 1. The third-order valence-corrected chi connectivity index (χ3v) is 3.27. The van der Waals surface area contributed by atoms with E-state index in [1.807, 2.05) is 18.2 Å². The SMILES string of the molecule is COc1ccc2nc3c(c(N)c2c1)CCNC3. The number of methoxy groups -OCH3 is 1. The van der Waals surface area contributed by atoms with Crippen LogP contribution < -0.4 is 15.8 Å². The number of aromatic nitrogens is 1. The highest BCUT2D eigenvalue weighted by atomic mass is 16.5. The molecule has 17 heavy (non-hydrogen) atoms. The van der Waals surface area contributed by atoms with Crippen molar-refractivity contribution in [3.8, 4) is 5.75 Å². The van der Waals surface area contributed by atoms with E-state index in [-0.39, 0.29) is 0 Å². The number of nitrogens with one attached hydrogen (secondary N) is 1. The molecule has 0 saturated heterocycles. The van der Waals surface area contributed by atoms with Gasteiger partial charge in [0.25, 0.3) is 0 Å². The van der Waals surface area contributed by atoms with Gasteiger partial charge >= 0.3 is 0 Å². The van der Waals surface area contributed by atoms with Crippen LogP contribution in [0.15, 0.2) is 18.2 Å². The molecule has 0 spiro atoms. The molecule has 3 N–H and O–H groups in total. The van der Waals surface area contributed by atoms with Crippen LogP contribution in [0.2, 0.25) is 0 Å². The average Bonchev–Trinajstić information content (AvgIpc) is 2.39. The molecule has 0 atom stereocenters. The van der Waals surface area contributed by atoms with Crippen LogP contribution in [0.25, 0.3) is 10.9 Å². The predicted octanol–water partition coefficient (Wildman–Crippen LogP) is 1.47. The summed E-state index contributed by atoms with van der Waals surface area (Å²) in [7, 11) is 1.66. The van der Waals surface area contributed by atoms with Gasteiger partial charge in [-0.05, 0) is 36.7 Å². The number of benzene rings is 1. The van der Waals surface area contributed by atoms with E-state index >= 15 is 0 Å². The lowest BCUT2D eigenvalue weighted by Gasteiger charge is -2.19. The Morgan fingerprint density at radius 2 is 2.29 bits per heavy atom. The molecule has 0 unspecified atom stereocenters. The van der Waals surface area contributed by atoms with E-state index in [1.54, 1.807) is 7.11 Å². The van der Waals surface area contributed by atoms with E-state index in [1.165, 1.54) is 5.56 Å². The molecule has 3 rings (SSSR count). The number of nitrogen functional groups attached to an aromatic ring is 1. The second kappa shape index (κ2) is 3.89. The van der Waals surface area contributed by atoms with Gasteiger partial charge in [0, 0.05) is 17.6 Å². The maximum Gasteiger partial charge on any atom is 0.119 e. The minimum Gasteiger partial charge on any atom is -0.497 e. The molecule has 1 aliphatic heterocycles. The topological polar surface area (TPSA) is 60.2 Å². The van der Waals surface area contributed by atoms with Gasteiger partial charge in [0.05, 0.1) is 18.3 Å². The summed E-state index contributed by atoms with van der Waals surface area (Å²) in [6, 6.07) is 5.83. The van der Waals surface area contributed by atoms with Gasteiger partial charge in [0.2, 0.25) is 0 Å². The largest absolute Gasteiger partial charge is 0.497 e. The second-order valence-electron chi connectivity index (χ2n) is 4.26. The Balaban J connectivity index is 2.28. The van der Waals surface area contributed by atoms with Gasteiger partial charge in [-0.2, -0.15) is 0 Å². The van der Waals surface area contributed by atoms with Crippen LogP contribution in [0.4, 0.5) is 5.69 Å². The minimum atomic E-state index is 0.807. The zero-order valence-electron chi connectivity index (χ0n) is 9.79. The molecule has 1 aromatic heterocycles. The van der Waals surface area contributed by atoms with E-state index in [2.05, 4.69) is 10.3 Å². The Labute approximate surface area is 99.8 Å². The molecule has 2 aromatic rings. The fourth-order valence-corrected chi connectivity index (χ4v) is 2.33. The average molecular weight is 229 g/mol. The lowest BCUT2D eigenvalue weighted by molar-refractivity contribution is 0.415. The van der Waals surface area contributed by atoms with Gasteiger partial charge in [-0.15, -0.1) is 0 Å². The zero-order chi connectivity index (χ0) is 11.8. The molecule has 0 fully saturated rings. The van der Waals surface area contributed by atoms with E-state index in [9.17, 15) is 0 Å². The van der Waals surface area contributed by atoms with Crippen molar-refractivity contribution in [2.75, 3.05) is 19.4 Å². The quantitative estimate of drug-likeness (QED) is 0.777. The summed E-state index contributed by atoms with van der Waals surface area (Å²) < 4.78 is 5.23. The first kappa shape index (κ1) is 10.4. The third kappa shape index (κ3) is 1.61. The summed E-state index contributed by atoms with van der Waals surface area (Å²) >= 11 is 0. The number of anilines is 1. The number of nitrogens with two attached hydrogens (primary N) is 1. The number of nitrogens with zero attached hydrogens (tertiary/aromatic N) is 1. The van der Waals surface area contributed by atoms with Crippen molar-refractivity contribution >= 4 is 16.6 Å². The van der Waals surface area contributed by atoms with Crippen LogP contribution in [0.1, 0.15) is 11.3 Å². The summed E-state index contributed by atoms with van der Waals surface area (Å²) in [6.45, 7) is 1.77. The highest BCUT2D eigenvalue weighted by molar-refractivity contribution is 5.93. The molecule has 88 valence electrons. The van der Waals surface area contributed by atoms with Crippen molar-refractivity contribution in [1.29, 1.82) is 0 Å². The summed E-state index contributed by atoms with van der Waals surface area (Å²) in [5, 5.41) is 4.30.